The first kappa shape index (κ1) is 6.78. The molecule has 0 unspecified atom stereocenters. The zero-order valence-corrected chi connectivity index (χ0v) is 5.89. The number of aromatic nitrogens is 2. The summed E-state index contributed by atoms with van der Waals surface area (Å²) < 4.78 is 4.82. The Morgan fingerprint density at radius 2 is 2.33 bits per heavy atom. The second kappa shape index (κ2) is 2.30. The molecule has 0 fully saturated rings. The molecule has 12 heavy (non-hydrogen) atoms. The topological polar surface area (TPSA) is 76.2 Å². The first-order chi connectivity index (χ1) is 5.79. The van der Waals surface area contributed by atoms with Crippen molar-refractivity contribution in [3.8, 4) is 0 Å². The molecule has 0 spiro atoms. The summed E-state index contributed by atoms with van der Waals surface area (Å²) in [5.41, 5.74) is 0.633. The Labute approximate surface area is 66.7 Å². The van der Waals surface area contributed by atoms with Gasteiger partial charge in [-0.2, -0.15) is 0 Å². The number of pyridine rings is 1. The lowest BCUT2D eigenvalue weighted by Crippen LogP contribution is -1.97. The first-order valence-corrected chi connectivity index (χ1v) is 3.20. The van der Waals surface area contributed by atoms with Gasteiger partial charge < -0.3 is 9.52 Å². The summed E-state index contributed by atoms with van der Waals surface area (Å²) in [7, 11) is 0. The van der Waals surface area contributed by atoms with Crippen LogP contribution in [0.3, 0.4) is 0 Å². The third-order valence-corrected chi connectivity index (χ3v) is 1.47. The maximum Gasteiger partial charge on any atom is 0.338 e. The van der Waals surface area contributed by atoms with Gasteiger partial charge in [0.25, 0.3) is 0 Å². The van der Waals surface area contributed by atoms with Crippen molar-refractivity contribution in [2.24, 2.45) is 0 Å². The molecule has 0 amide bonds. The summed E-state index contributed by atoms with van der Waals surface area (Å²) in [6.45, 7) is 0. The van der Waals surface area contributed by atoms with Gasteiger partial charge in [0, 0.05) is 6.20 Å². The van der Waals surface area contributed by atoms with Crippen LogP contribution in [0.4, 0.5) is 0 Å². The van der Waals surface area contributed by atoms with Crippen LogP contribution in [-0.4, -0.2) is 21.0 Å². The monoisotopic (exact) mass is 164 g/mol. The van der Waals surface area contributed by atoms with Gasteiger partial charge in [-0.1, -0.05) is 0 Å². The quantitative estimate of drug-likeness (QED) is 0.678. The molecule has 0 aliphatic heterocycles. The Morgan fingerprint density at radius 1 is 1.50 bits per heavy atom. The van der Waals surface area contributed by atoms with E-state index in [-0.39, 0.29) is 16.8 Å². The first-order valence-electron chi connectivity index (χ1n) is 3.20. The van der Waals surface area contributed by atoms with E-state index < -0.39 is 5.97 Å². The highest BCUT2D eigenvalue weighted by molar-refractivity contribution is 5.99. The zero-order chi connectivity index (χ0) is 8.55. The Kier molecular flexibility index (Phi) is 1.30. The van der Waals surface area contributed by atoms with Crippen LogP contribution >= 0.6 is 0 Å². The van der Waals surface area contributed by atoms with E-state index in [1.165, 1.54) is 18.7 Å². The van der Waals surface area contributed by atoms with Crippen molar-refractivity contribution in [2.75, 3.05) is 0 Å². The van der Waals surface area contributed by atoms with Gasteiger partial charge in [-0.3, -0.25) is 0 Å². The number of rotatable bonds is 1. The Balaban J connectivity index is 2.82. The number of nitrogens with zero attached hydrogens (tertiary/aromatic N) is 2. The number of fused-ring (bicyclic) bond motifs is 1. The van der Waals surface area contributed by atoms with Crippen LogP contribution in [0.5, 0.6) is 0 Å². The number of hydrogen-bond donors (Lipinski definition) is 1. The number of carbonyl (C=O) groups is 1. The minimum atomic E-state index is -1.03. The van der Waals surface area contributed by atoms with E-state index in [9.17, 15) is 4.79 Å². The molecule has 1 N–H and O–H groups in total. The molecule has 2 aromatic rings. The molecule has 0 aliphatic rings. The van der Waals surface area contributed by atoms with Crippen molar-refractivity contribution in [1.82, 2.24) is 9.97 Å². The number of carboxylic acids is 1. The highest BCUT2D eigenvalue weighted by atomic mass is 16.4. The number of carboxylic acid groups (broad SMARTS) is 1. The van der Waals surface area contributed by atoms with Gasteiger partial charge in [0.1, 0.15) is 5.52 Å². The predicted molar refractivity (Wildman–Crippen MR) is 38.8 cm³/mol. The lowest BCUT2D eigenvalue weighted by Gasteiger charge is -1.91. The summed E-state index contributed by atoms with van der Waals surface area (Å²) in [6, 6.07) is 1.38. The van der Waals surface area contributed by atoms with E-state index >= 15 is 0 Å². The molecule has 0 saturated heterocycles. The van der Waals surface area contributed by atoms with Crippen molar-refractivity contribution in [3.63, 3.8) is 0 Å². The van der Waals surface area contributed by atoms with Crippen molar-refractivity contribution in [3.05, 3.63) is 24.2 Å². The van der Waals surface area contributed by atoms with E-state index in [4.69, 9.17) is 9.52 Å². The predicted octanol–water partition coefficient (Wildman–Crippen LogP) is 0.921. The Hall–Kier alpha value is -1.91. The lowest BCUT2D eigenvalue weighted by molar-refractivity contribution is 0.0698. The molecule has 2 aromatic heterocycles. The van der Waals surface area contributed by atoms with Crippen molar-refractivity contribution in [2.45, 2.75) is 0 Å². The number of aromatic carboxylic acids is 1. The third kappa shape index (κ3) is 0.833. The molecule has 60 valence electrons. The summed E-state index contributed by atoms with van der Waals surface area (Å²) in [4.78, 5) is 18.1. The van der Waals surface area contributed by atoms with E-state index in [2.05, 4.69) is 9.97 Å². The fourth-order valence-electron chi connectivity index (χ4n) is 0.947. The second-order valence-electron chi connectivity index (χ2n) is 2.17. The molecular weight excluding hydrogens is 160 g/mol. The van der Waals surface area contributed by atoms with E-state index in [1.54, 1.807) is 0 Å². The van der Waals surface area contributed by atoms with Gasteiger partial charge >= 0.3 is 5.97 Å². The zero-order valence-electron chi connectivity index (χ0n) is 5.89. The van der Waals surface area contributed by atoms with Crippen molar-refractivity contribution < 1.29 is 14.3 Å². The summed E-state index contributed by atoms with van der Waals surface area (Å²) >= 11 is 0. The molecule has 0 bridgehead atoms. The standard InChI is InChI=1S/C7H4N2O3/c10-7(11)4-1-2-8-6-5(4)9-3-12-6/h1-3H,(H,10,11). The van der Waals surface area contributed by atoms with Crippen LogP contribution in [0.25, 0.3) is 11.2 Å². The highest BCUT2D eigenvalue weighted by Crippen LogP contribution is 2.13. The smallest absolute Gasteiger partial charge is 0.338 e. The summed E-state index contributed by atoms with van der Waals surface area (Å²) in [6.07, 6.45) is 2.54. The SMILES string of the molecule is O=C(O)c1ccnc2ocnc12. The molecule has 5 heteroatoms. The fraction of sp³-hybridized carbons (Fsp3) is 0. The van der Waals surface area contributed by atoms with Crippen molar-refractivity contribution in [1.29, 1.82) is 0 Å². The second-order valence-corrected chi connectivity index (χ2v) is 2.17. The lowest BCUT2D eigenvalue weighted by atomic mass is 10.2. The molecular formula is C7H4N2O3. The van der Waals surface area contributed by atoms with Crippen LogP contribution in [-0.2, 0) is 0 Å². The maximum atomic E-state index is 10.6. The summed E-state index contributed by atoms with van der Waals surface area (Å²) in [5.74, 6) is -1.03. The van der Waals surface area contributed by atoms with Crippen LogP contribution in [0.15, 0.2) is 23.1 Å². The molecule has 5 nitrogen and oxygen atoms in total. The number of hydrogen-bond acceptors (Lipinski definition) is 4. The fourth-order valence-corrected chi connectivity index (χ4v) is 0.947. The van der Waals surface area contributed by atoms with Gasteiger partial charge in [-0.15, -0.1) is 0 Å². The highest BCUT2D eigenvalue weighted by Gasteiger charge is 2.11. The van der Waals surface area contributed by atoms with Gasteiger partial charge in [0.05, 0.1) is 5.56 Å². The number of oxazole rings is 1. The van der Waals surface area contributed by atoms with E-state index in [0.717, 1.165) is 0 Å². The molecule has 0 radical (unpaired) electrons. The molecule has 0 saturated carbocycles. The largest absolute Gasteiger partial charge is 0.478 e. The van der Waals surface area contributed by atoms with E-state index in [1.807, 2.05) is 0 Å². The van der Waals surface area contributed by atoms with Gasteiger partial charge in [0.2, 0.25) is 5.71 Å². The molecule has 2 rings (SSSR count). The Morgan fingerprint density at radius 3 is 3.08 bits per heavy atom. The summed E-state index contributed by atoms with van der Waals surface area (Å²) in [5, 5.41) is 8.69. The molecule has 0 aromatic carbocycles. The normalized spacial score (nSPS) is 10.3. The van der Waals surface area contributed by atoms with Gasteiger partial charge in [-0.25, -0.2) is 14.8 Å². The third-order valence-electron chi connectivity index (χ3n) is 1.47. The van der Waals surface area contributed by atoms with Crippen LogP contribution in [0.2, 0.25) is 0 Å². The van der Waals surface area contributed by atoms with Crippen LogP contribution in [0.1, 0.15) is 10.4 Å². The minimum Gasteiger partial charge on any atom is -0.478 e. The molecule has 0 aliphatic carbocycles. The van der Waals surface area contributed by atoms with Crippen LogP contribution in [0, 0.1) is 0 Å². The minimum absolute atomic E-state index is 0.105. The van der Waals surface area contributed by atoms with Crippen molar-refractivity contribution >= 4 is 17.2 Å². The van der Waals surface area contributed by atoms with Gasteiger partial charge in [-0.05, 0) is 6.07 Å². The van der Waals surface area contributed by atoms with Gasteiger partial charge in [0.15, 0.2) is 6.39 Å². The molecule has 0 atom stereocenters. The average molecular weight is 164 g/mol. The van der Waals surface area contributed by atoms with E-state index in [0.29, 0.717) is 0 Å². The Bertz CT molecular complexity index is 435. The maximum absolute atomic E-state index is 10.6. The average Bonchev–Trinajstić information content (AvgIpc) is 2.49. The van der Waals surface area contributed by atoms with Crippen LogP contribution < -0.4 is 0 Å². The molecule has 2 heterocycles.